The lowest BCUT2D eigenvalue weighted by atomic mass is 10.1. The first kappa shape index (κ1) is 13.5. The van der Waals surface area contributed by atoms with E-state index in [9.17, 15) is 5.26 Å². The molecule has 0 aliphatic heterocycles. The lowest BCUT2D eigenvalue weighted by Gasteiger charge is -2.08. The van der Waals surface area contributed by atoms with Crippen molar-refractivity contribution >= 4 is 43.5 Å². The van der Waals surface area contributed by atoms with E-state index in [0.717, 1.165) is 5.56 Å². The maximum Gasteiger partial charge on any atom is 0.138 e. The molecule has 0 unspecified atom stereocenters. The topological polar surface area (TPSA) is 38.0 Å². The molecule has 1 aromatic carbocycles. The molecule has 6 heteroatoms. The van der Waals surface area contributed by atoms with Gasteiger partial charge in [-0.1, -0.05) is 23.7 Å². The fraction of sp³-hybridized carbons (Fsp3) is 0.0833. The van der Waals surface area contributed by atoms with Crippen molar-refractivity contribution in [1.29, 1.82) is 5.26 Å². The summed E-state index contributed by atoms with van der Waals surface area (Å²) in [5, 5.41) is 9.90. The van der Waals surface area contributed by atoms with Gasteiger partial charge in [0.25, 0.3) is 0 Å². The number of nitrogens with zero attached hydrogens (tertiary/aromatic N) is 2. The van der Waals surface area contributed by atoms with E-state index in [1.54, 1.807) is 16.9 Å². The molecule has 0 amide bonds. The van der Waals surface area contributed by atoms with Crippen LogP contribution in [0.5, 0.6) is 0 Å². The lowest BCUT2D eigenvalue weighted by molar-refractivity contribution is 0.166. The van der Waals surface area contributed by atoms with E-state index in [1.807, 2.05) is 12.1 Å². The van der Waals surface area contributed by atoms with Crippen molar-refractivity contribution in [3.8, 4) is 17.3 Å². The van der Waals surface area contributed by atoms with Crippen LogP contribution in [0.4, 0.5) is 0 Å². The van der Waals surface area contributed by atoms with Crippen molar-refractivity contribution in [2.24, 2.45) is 0 Å². The van der Waals surface area contributed by atoms with Crippen LogP contribution in [0, 0.1) is 11.3 Å². The molecular weight excluding hydrogens is 383 g/mol. The first-order valence-corrected chi connectivity index (χ1v) is 6.86. The molecular formula is C12H7Br2ClN2O. The van der Waals surface area contributed by atoms with E-state index >= 15 is 0 Å². The fourth-order valence-corrected chi connectivity index (χ4v) is 2.72. The van der Waals surface area contributed by atoms with Crippen LogP contribution in [-0.4, -0.2) is 11.8 Å². The molecule has 0 N–H and O–H groups in total. The third kappa shape index (κ3) is 2.16. The number of rotatable bonds is 2. The highest BCUT2D eigenvalue weighted by Gasteiger charge is 2.21. The summed E-state index contributed by atoms with van der Waals surface area (Å²) in [6.07, 6.45) is 0. The highest BCUT2D eigenvalue weighted by Crippen LogP contribution is 2.37. The van der Waals surface area contributed by atoms with E-state index in [4.69, 9.17) is 16.4 Å². The number of nitriles is 1. The van der Waals surface area contributed by atoms with Gasteiger partial charge in [0.05, 0.1) is 10.0 Å². The van der Waals surface area contributed by atoms with Crippen molar-refractivity contribution in [3.63, 3.8) is 0 Å². The molecule has 92 valence electrons. The third-order valence-corrected chi connectivity index (χ3v) is 4.71. The molecule has 0 radical (unpaired) electrons. The van der Waals surface area contributed by atoms with Gasteiger partial charge >= 0.3 is 0 Å². The largest absolute Gasteiger partial charge is 0.416 e. The summed E-state index contributed by atoms with van der Waals surface area (Å²) < 4.78 is 2.87. The standard InChI is InChI=1S/C12H7Br2ClN2O/c1-18-17-11(7-2-4-8(15)5-3-7)9(6-16)10(13)12(17)14/h2-5H,1H3. The van der Waals surface area contributed by atoms with Crippen LogP contribution < -0.4 is 4.84 Å². The average Bonchev–Trinajstić information content (AvgIpc) is 2.62. The van der Waals surface area contributed by atoms with E-state index in [0.29, 0.717) is 25.4 Å². The Balaban J connectivity index is 2.74. The monoisotopic (exact) mass is 388 g/mol. The van der Waals surface area contributed by atoms with Crippen LogP contribution in [0.2, 0.25) is 5.02 Å². The Hall–Kier alpha value is -0.960. The number of hydrogen-bond acceptors (Lipinski definition) is 2. The minimum atomic E-state index is 0.506. The second kappa shape index (κ2) is 5.35. The molecule has 0 atom stereocenters. The lowest BCUT2D eigenvalue weighted by Crippen LogP contribution is -2.07. The predicted molar refractivity (Wildman–Crippen MR) is 77.5 cm³/mol. The van der Waals surface area contributed by atoms with Crippen molar-refractivity contribution in [2.75, 3.05) is 7.11 Å². The van der Waals surface area contributed by atoms with Gasteiger partial charge in [-0.05, 0) is 44.0 Å². The molecule has 1 aromatic heterocycles. The molecule has 3 nitrogen and oxygen atoms in total. The van der Waals surface area contributed by atoms with Crippen molar-refractivity contribution in [2.45, 2.75) is 0 Å². The molecule has 2 rings (SSSR count). The summed E-state index contributed by atoms with van der Waals surface area (Å²) in [6.45, 7) is 0. The molecule has 2 aromatic rings. The minimum Gasteiger partial charge on any atom is -0.416 e. The molecule has 0 bridgehead atoms. The van der Waals surface area contributed by atoms with Crippen LogP contribution in [0.3, 0.4) is 0 Å². The van der Waals surface area contributed by atoms with Crippen LogP contribution in [-0.2, 0) is 0 Å². The van der Waals surface area contributed by atoms with Gasteiger partial charge in [-0.15, -0.1) is 0 Å². The van der Waals surface area contributed by atoms with Crippen molar-refractivity contribution in [3.05, 3.63) is 43.9 Å². The Morgan fingerprint density at radius 2 is 1.89 bits per heavy atom. The predicted octanol–water partition coefficient (Wildman–Crippen LogP) is 4.26. The van der Waals surface area contributed by atoms with Crippen LogP contribution in [0.15, 0.2) is 33.3 Å². The van der Waals surface area contributed by atoms with Crippen LogP contribution in [0.1, 0.15) is 5.56 Å². The number of halogens is 3. The van der Waals surface area contributed by atoms with Gasteiger partial charge in [-0.3, -0.25) is 0 Å². The zero-order valence-electron chi connectivity index (χ0n) is 9.25. The van der Waals surface area contributed by atoms with Gasteiger partial charge in [0.15, 0.2) is 0 Å². The average molecular weight is 390 g/mol. The zero-order valence-corrected chi connectivity index (χ0v) is 13.2. The highest BCUT2D eigenvalue weighted by atomic mass is 79.9. The van der Waals surface area contributed by atoms with E-state index < -0.39 is 0 Å². The van der Waals surface area contributed by atoms with Crippen molar-refractivity contribution in [1.82, 2.24) is 4.73 Å². The minimum absolute atomic E-state index is 0.506. The van der Waals surface area contributed by atoms with Gasteiger partial charge in [0, 0.05) is 10.6 Å². The highest BCUT2D eigenvalue weighted by molar-refractivity contribution is 9.13. The van der Waals surface area contributed by atoms with Gasteiger partial charge in [0.1, 0.15) is 23.5 Å². The fourth-order valence-electron chi connectivity index (χ4n) is 1.64. The van der Waals surface area contributed by atoms with Gasteiger partial charge in [-0.2, -0.15) is 9.99 Å². The van der Waals surface area contributed by atoms with E-state index in [1.165, 1.54) is 7.11 Å². The van der Waals surface area contributed by atoms with Gasteiger partial charge in [-0.25, -0.2) is 0 Å². The Bertz CT molecular complexity index is 629. The second-order valence-electron chi connectivity index (χ2n) is 3.42. The molecule has 0 spiro atoms. The molecule has 0 saturated heterocycles. The third-order valence-electron chi connectivity index (χ3n) is 2.43. The summed E-state index contributed by atoms with van der Waals surface area (Å²) >= 11 is 12.6. The molecule has 0 aliphatic carbocycles. The number of benzene rings is 1. The van der Waals surface area contributed by atoms with E-state index in [-0.39, 0.29) is 0 Å². The maximum absolute atomic E-state index is 9.25. The molecule has 1 heterocycles. The number of hydrogen-bond donors (Lipinski definition) is 0. The smallest absolute Gasteiger partial charge is 0.138 e. The first-order chi connectivity index (χ1) is 8.60. The van der Waals surface area contributed by atoms with E-state index in [2.05, 4.69) is 37.9 Å². The Kier molecular flexibility index (Phi) is 4.00. The van der Waals surface area contributed by atoms with Gasteiger partial charge < -0.3 is 4.84 Å². The first-order valence-electron chi connectivity index (χ1n) is 4.90. The summed E-state index contributed by atoms with van der Waals surface area (Å²) in [6, 6.07) is 9.38. The Morgan fingerprint density at radius 1 is 1.28 bits per heavy atom. The molecule has 0 aliphatic rings. The Morgan fingerprint density at radius 3 is 2.39 bits per heavy atom. The molecule has 18 heavy (non-hydrogen) atoms. The van der Waals surface area contributed by atoms with Crippen molar-refractivity contribution < 1.29 is 4.84 Å². The zero-order chi connectivity index (χ0) is 13.3. The maximum atomic E-state index is 9.25. The second-order valence-corrected chi connectivity index (χ2v) is 5.40. The SMILES string of the molecule is COn1c(Br)c(Br)c(C#N)c1-c1ccc(Cl)cc1. The summed E-state index contributed by atoms with van der Waals surface area (Å²) in [5.41, 5.74) is 2.03. The Labute approximate surface area is 126 Å². The van der Waals surface area contributed by atoms with Gasteiger partial charge in [0.2, 0.25) is 0 Å². The summed E-state index contributed by atoms with van der Waals surface area (Å²) in [4.78, 5) is 5.28. The normalized spacial score (nSPS) is 10.2. The van der Waals surface area contributed by atoms with Crippen LogP contribution in [0.25, 0.3) is 11.3 Å². The van der Waals surface area contributed by atoms with Crippen LogP contribution >= 0.6 is 43.5 Å². The molecule has 0 saturated carbocycles. The number of aromatic nitrogens is 1. The summed E-state index contributed by atoms with van der Waals surface area (Å²) in [7, 11) is 1.54. The summed E-state index contributed by atoms with van der Waals surface area (Å²) in [5.74, 6) is 0. The quantitative estimate of drug-likeness (QED) is 0.768. The molecule has 0 fully saturated rings.